The van der Waals surface area contributed by atoms with E-state index in [2.05, 4.69) is 0 Å². The molecule has 2 atom stereocenters. The topological polar surface area (TPSA) is 34.1 Å². The number of hydrogen-bond acceptors (Lipinski definition) is 3. The Morgan fingerprint density at radius 2 is 1.76 bits per heavy atom. The fourth-order valence-electron chi connectivity index (χ4n) is 2.04. The van der Waals surface area contributed by atoms with Gasteiger partial charge in [-0.1, -0.05) is 50.8 Å². The molecule has 2 nitrogen and oxygen atoms in total. The van der Waals surface area contributed by atoms with Crippen LogP contribution in [0.1, 0.15) is 0 Å². The lowest BCUT2D eigenvalue weighted by atomic mass is 10.1. The van der Waals surface area contributed by atoms with Gasteiger partial charge < -0.3 is 0 Å². The highest BCUT2D eigenvalue weighted by atomic mass is 32.1. The van der Waals surface area contributed by atoms with Gasteiger partial charge in [0, 0.05) is 4.70 Å². The average molecular weight is 278 g/mol. The number of thiophene rings is 1. The van der Waals surface area contributed by atoms with E-state index >= 15 is 0 Å². The van der Waals surface area contributed by atoms with E-state index in [-0.39, 0.29) is 0 Å². The zero-order valence-electron chi connectivity index (χ0n) is 8.69. The lowest BCUT2D eigenvalue weighted by Crippen LogP contribution is -2.05. The molecular formula is C12H8O2P2S+2. The van der Waals surface area contributed by atoms with Crippen molar-refractivity contribution < 1.29 is 9.13 Å². The van der Waals surface area contributed by atoms with Crippen LogP contribution in [0.3, 0.4) is 0 Å². The molecule has 0 fully saturated rings. The summed E-state index contributed by atoms with van der Waals surface area (Å²) in [6.45, 7) is 0. The number of benzene rings is 2. The molecule has 3 aromatic rings. The summed E-state index contributed by atoms with van der Waals surface area (Å²) < 4.78 is 24.2. The first-order chi connectivity index (χ1) is 8.35. The van der Waals surface area contributed by atoms with E-state index in [1.54, 1.807) is 0 Å². The summed E-state index contributed by atoms with van der Waals surface area (Å²) in [5, 5.41) is 3.94. The van der Waals surface area contributed by atoms with Crippen LogP contribution < -0.4 is 9.92 Å². The fraction of sp³-hybridized carbons (Fsp3) is 0. The maximum Gasteiger partial charge on any atom is 0.378 e. The van der Waals surface area contributed by atoms with E-state index in [9.17, 15) is 9.13 Å². The van der Waals surface area contributed by atoms with Gasteiger partial charge in [-0.05, 0) is 16.8 Å². The van der Waals surface area contributed by atoms with E-state index in [0.717, 1.165) is 30.8 Å². The summed E-state index contributed by atoms with van der Waals surface area (Å²) >= 11 is 1.47. The van der Waals surface area contributed by atoms with Gasteiger partial charge in [-0.25, -0.2) is 0 Å². The largest absolute Gasteiger partial charge is 0.378 e. The van der Waals surface area contributed by atoms with Crippen LogP contribution in [0.2, 0.25) is 0 Å². The smallest absolute Gasteiger partial charge is 0.0832 e. The van der Waals surface area contributed by atoms with Crippen LogP contribution in [-0.2, 0) is 9.13 Å². The number of hydrogen-bond donors (Lipinski definition) is 0. The highest BCUT2D eigenvalue weighted by Crippen LogP contribution is 2.30. The number of rotatable bonds is 2. The molecule has 0 N–H and O–H groups in total. The molecule has 0 bridgehead atoms. The Hall–Kier alpha value is -1.14. The van der Waals surface area contributed by atoms with Crippen molar-refractivity contribution >= 4 is 59.0 Å². The molecule has 1 aromatic heterocycles. The zero-order chi connectivity index (χ0) is 11.8. The third-order valence-electron chi connectivity index (χ3n) is 2.77. The van der Waals surface area contributed by atoms with Gasteiger partial charge >= 0.3 is 16.9 Å². The lowest BCUT2D eigenvalue weighted by Gasteiger charge is -1.97. The van der Waals surface area contributed by atoms with Crippen LogP contribution in [0.25, 0.3) is 20.9 Å². The molecular weight excluding hydrogens is 270 g/mol. The second-order valence-corrected chi connectivity index (χ2v) is 6.49. The normalized spacial score (nSPS) is 11.8. The molecule has 0 aliphatic heterocycles. The Bertz CT molecular complexity index is 749. The molecule has 0 spiro atoms. The molecule has 17 heavy (non-hydrogen) atoms. The van der Waals surface area contributed by atoms with E-state index in [4.69, 9.17) is 0 Å². The maximum absolute atomic E-state index is 11.3. The molecule has 0 radical (unpaired) electrons. The molecule has 3 rings (SSSR count). The van der Waals surface area contributed by atoms with Gasteiger partial charge in [0.05, 0.1) is 5.39 Å². The Balaban J connectivity index is 2.60. The molecule has 5 heteroatoms. The predicted molar refractivity (Wildman–Crippen MR) is 76.6 cm³/mol. The van der Waals surface area contributed by atoms with Gasteiger partial charge in [-0.2, -0.15) is 0 Å². The second kappa shape index (κ2) is 4.27. The minimum absolute atomic E-state index is 0.534. The van der Waals surface area contributed by atoms with E-state index < -0.39 is 16.9 Å². The molecule has 0 aliphatic carbocycles. The third kappa shape index (κ3) is 1.63. The van der Waals surface area contributed by atoms with E-state index in [1.165, 1.54) is 11.3 Å². The van der Waals surface area contributed by atoms with Crippen LogP contribution in [0.15, 0.2) is 36.4 Å². The van der Waals surface area contributed by atoms with Crippen molar-refractivity contribution in [3.8, 4) is 0 Å². The Kier molecular flexibility index (Phi) is 2.76. The van der Waals surface area contributed by atoms with E-state index in [1.807, 2.05) is 36.4 Å². The molecule has 0 saturated carbocycles. The van der Waals surface area contributed by atoms with Gasteiger partial charge in [-0.3, -0.25) is 0 Å². The fourth-order valence-corrected chi connectivity index (χ4v) is 4.77. The van der Waals surface area contributed by atoms with Crippen molar-refractivity contribution in [2.75, 3.05) is 0 Å². The van der Waals surface area contributed by atoms with Gasteiger partial charge in [0.1, 0.15) is 0 Å². The van der Waals surface area contributed by atoms with Crippen molar-refractivity contribution in [1.29, 1.82) is 0 Å². The first kappa shape index (κ1) is 11.0. The highest BCUT2D eigenvalue weighted by Gasteiger charge is 2.25. The highest BCUT2D eigenvalue weighted by molar-refractivity contribution is 7.54. The zero-order valence-corrected chi connectivity index (χ0v) is 11.5. The van der Waals surface area contributed by atoms with Crippen LogP contribution in [0, 0.1) is 0 Å². The monoisotopic (exact) mass is 278 g/mol. The predicted octanol–water partition coefficient (Wildman–Crippen LogP) is 3.35. The summed E-state index contributed by atoms with van der Waals surface area (Å²) in [7, 11) is -1.09. The molecule has 2 aromatic carbocycles. The number of fused-ring (bicyclic) bond motifs is 3. The summed E-state index contributed by atoms with van der Waals surface area (Å²) in [6, 6.07) is 12.1. The first-order valence-electron chi connectivity index (χ1n) is 5.05. The molecule has 0 aliphatic rings. The van der Waals surface area contributed by atoms with E-state index in [0.29, 0.717) is 0 Å². The Labute approximate surface area is 105 Å². The summed E-state index contributed by atoms with van der Waals surface area (Å²) in [4.78, 5) is 0. The van der Waals surface area contributed by atoms with Crippen molar-refractivity contribution in [2.24, 2.45) is 0 Å². The minimum Gasteiger partial charge on any atom is -0.0832 e. The molecule has 0 saturated heterocycles. The van der Waals surface area contributed by atoms with Crippen LogP contribution >= 0.6 is 28.3 Å². The molecule has 2 unspecified atom stereocenters. The third-order valence-corrected chi connectivity index (χ3v) is 5.87. The average Bonchev–Trinajstić information content (AvgIpc) is 2.76. The van der Waals surface area contributed by atoms with Gasteiger partial charge in [0.25, 0.3) is 9.92 Å². The Morgan fingerprint density at radius 3 is 2.53 bits per heavy atom. The minimum atomic E-state index is -0.555. The maximum atomic E-state index is 11.3. The first-order valence-corrected chi connectivity index (χ1v) is 7.69. The summed E-state index contributed by atoms with van der Waals surface area (Å²) in [6.07, 6.45) is 0. The Morgan fingerprint density at radius 1 is 0.941 bits per heavy atom. The molecule has 0 amide bonds. The van der Waals surface area contributed by atoms with Crippen LogP contribution in [-0.4, -0.2) is 0 Å². The standard InChI is InChI=1S/C12H6O2P2S/c13-15-11-10-8-4-2-1-3-7(8)5-6-9(10)17-12(11)16-14/h1-6H/p+2. The van der Waals surface area contributed by atoms with Crippen LogP contribution in [0.5, 0.6) is 0 Å². The molecule has 82 valence electrons. The summed E-state index contributed by atoms with van der Waals surface area (Å²) in [5.74, 6) is 0. The van der Waals surface area contributed by atoms with Crippen LogP contribution in [0.4, 0.5) is 0 Å². The molecule has 1 heterocycles. The van der Waals surface area contributed by atoms with Gasteiger partial charge in [-0.15, -0.1) is 0 Å². The van der Waals surface area contributed by atoms with Crippen molar-refractivity contribution in [3.05, 3.63) is 36.4 Å². The van der Waals surface area contributed by atoms with Crippen molar-refractivity contribution in [2.45, 2.75) is 0 Å². The second-order valence-electron chi connectivity index (χ2n) is 3.67. The SMILES string of the molecule is O=[PH+]c1sc2ccc3ccccc3c2c1[PH+]=O. The van der Waals surface area contributed by atoms with Crippen molar-refractivity contribution in [3.63, 3.8) is 0 Å². The van der Waals surface area contributed by atoms with Gasteiger partial charge in [0.2, 0.25) is 0 Å². The quantitative estimate of drug-likeness (QED) is 0.674. The lowest BCUT2D eigenvalue weighted by molar-refractivity contribution is 0.601. The van der Waals surface area contributed by atoms with Gasteiger partial charge in [0.15, 0.2) is 0 Å². The summed E-state index contributed by atoms with van der Waals surface area (Å²) in [5.41, 5.74) is 0. The van der Waals surface area contributed by atoms with Crippen molar-refractivity contribution in [1.82, 2.24) is 0 Å².